The molecule has 0 saturated carbocycles. The third-order valence-corrected chi connectivity index (χ3v) is 7.73. The molecule has 5 rings (SSSR count). The number of ether oxygens (including phenoxy) is 1. The molecule has 29 heavy (non-hydrogen) atoms. The molecule has 2 fully saturated rings. The summed E-state index contributed by atoms with van der Waals surface area (Å²) in [6, 6.07) is 1.92. The molecular weight excluding hydrogens is 464 g/mol. The highest BCUT2D eigenvalue weighted by molar-refractivity contribution is 9.10. The van der Waals surface area contributed by atoms with E-state index in [2.05, 4.69) is 45.8 Å². The fourth-order valence-corrected chi connectivity index (χ4v) is 5.66. The SMILES string of the molecule is Cn1nc2c(c1Br)N=C1OC(CN3CCN(c4ncccn4)CC3)CN1S2(=O)=O. The largest absolute Gasteiger partial charge is 0.458 e. The van der Waals surface area contributed by atoms with E-state index in [0.717, 1.165) is 32.1 Å². The Morgan fingerprint density at radius 2 is 1.93 bits per heavy atom. The topological polar surface area (TPSA) is 109 Å². The first kappa shape index (κ1) is 18.8. The van der Waals surface area contributed by atoms with Crippen LogP contribution in [0.2, 0.25) is 0 Å². The normalized spacial score (nSPS) is 23.4. The van der Waals surface area contributed by atoms with Crippen molar-refractivity contribution >= 4 is 43.6 Å². The lowest BCUT2D eigenvalue weighted by atomic mass is 10.2. The molecular formula is C16H19BrN8O3S. The molecule has 13 heteroatoms. The Balaban J connectivity index is 1.26. The van der Waals surface area contributed by atoms with E-state index in [0.29, 0.717) is 11.1 Å². The second kappa shape index (κ2) is 6.92. The zero-order chi connectivity index (χ0) is 20.2. The number of rotatable bonds is 3. The standard InChI is InChI=1S/C16H19BrN8O3S/c1-22-13(17)12-14(21-22)29(26,27)25-10-11(28-16(25)20-12)9-23-5-7-24(8-6-23)15-18-3-2-4-19-15/h2-4,11H,5-10H2,1H3. The van der Waals surface area contributed by atoms with Gasteiger partial charge in [-0.05, 0) is 22.0 Å². The number of amidine groups is 1. The fourth-order valence-electron chi connectivity index (χ4n) is 3.70. The van der Waals surface area contributed by atoms with Crippen molar-refractivity contribution < 1.29 is 13.2 Å². The molecule has 0 radical (unpaired) electrons. The van der Waals surface area contributed by atoms with Crippen LogP contribution in [0.25, 0.3) is 0 Å². The van der Waals surface area contributed by atoms with Crippen LogP contribution < -0.4 is 4.90 Å². The van der Waals surface area contributed by atoms with Crippen LogP contribution in [0.4, 0.5) is 11.6 Å². The van der Waals surface area contributed by atoms with Gasteiger partial charge in [0.2, 0.25) is 11.0 Å². The van der Waals surface area contributed by atoms with Crippen LogP contribution in [0.1, 0.15) is 0 Å². The summed E-state index contributed by atoms with van der Waals surface area (Å²) >= 11 is 3.34. The number of aryl methyl sites for hydroxylation is 1. The molecule has 11 nitrogen and oxygen atoms in total. The highest BCUT2D eigenvalue weighted by atomic mass is 79.9. The maximum Gasteiger partial charge on any atom is 0.307 e. The number of nitrogens with zero attached hydrogens (tertiary/aromatic N) is 8. The van der Waals surface area contributed by atoms with Crippen molar-refractivity contribution in [2.45, 2.75) is 11.1 Å². The Morgan fingerprint density at radius 1 is 1.21 bits per heavy atom. The average Bonchev–Trinajstić information content (AvgIpc) is 3.26. The molecule has 1 atom stereocenters. The van der Waals surface area contributed by atoms with Crippen LogP contribution in [-0.4, -0.2) is 88.8 Å². The van der Waals surface area contributed by atoms with E-state index in [1.54, 1.807) is 25.5 Å². The third kappa shape index (κ3) is 3.16. The summed E-state index contributed by atoms with van der Waals surface area (Å²) in [5, 5.41) is 4.05. The van der Waals surface area contributed by atoms with Crippen LogP contribution in [-0.2, 0) is 21.8 Å². The predicted molar refractivity (Wildman–Crippen MR) is 107 cm³/mol. The Morgan fingerprint density at radius 3 is 2.66 bits per heavy atom. The molecule has 0 bridgehead atoms. The Kier molecular flexibility index (Phi) is 4.47. The predicted octanol–water partition coefficient (Wildman–Crippen LogP) is 0.185. The molecule has 1 unspecified atom stereocenters. The zero-order valence-corrected chi connectivity index (χ0v) is 18.0. The molecule has 3 aliphatic heterocycles. The molecule has 2 saturated heterocycles. The van der Waals surface area contributed by atoms with Crippen molar-refractivity contribution in [1.29, 1.82) is 0 Å². The van der Waals surface area contributed by atoms with E-state index < -0.39 is 10.0 Å². The molecule has 0 N–H and O–H groups in total. The second-order valence-corrected chi connectivity index (χ2v) is 9.60. The van der Waals surface area contributed by atoms with Crippen molar-refractivity contribution in [3.63, 3.8) is 0 Å². The summed E-state index contributed by atoms with van der Waals surface area (Å²) in [4.78, 5) is 17.4. The summed E-state index contributed by atoms with van der Waals surface area (Å²) in [5.74, 6) is 0.734. The number of piperazine rings is 1. The number of hydrogen-bond acceptors (Lipinski definition) is 9. The number of hydrogen-bond donors (Lipinski definition) is 0. The lowest BCUT2D eigenvalue weighted by Crippen LogP contribution is -2.49. The summed E-state index contributed by atoms with van der Waals surface area (Å²) < 4.78 is 34.9. The van der Waals surface area contributed by atoms with E-state index in [9.17, 15) is 8.42 Å². The first-order valence-corrected chi connectivity index (χ1v) is 11.4. The molecule has 0 aromatic carbocycles. The first-order chi connectivity index (χ1) is 13.9. The summed E-state index contributed by atoms with van der Waals surface area (Å²) in [6.45, 7) is 4.13. The molecule has 154 valence electrons. The van der Waals surface area contributed by atoms with Gasteiger partial charge in [-0.2, -0.15) is 18.5 Å². The van der Waals surface area contributed by atoms with Gasteiger partial charge in [0.15, 0.2) is 0 Å². The zero-order valence-electron chi connectivity index (χ0n) is 15.6. The summed E-state index contributed by atoms with van der Waals surface area (Å²) in [6.07, 6.45) is 3.20. The maximum absolute atomic E-state index is 12.9. The number of sulfonamides is 1. The van der Waals surface area contributed by atoms with Crippen molar-refractivity contribution in [3.8, 4) is 0 Å². The van der Waals surface area contributed by atoms with Crippen LogP contribution in [0, 0.1) is 0 Å². The number of aromatic nitrogens is 4. The van der Waals surface area contributed by atoms with Gasteiger partial charge in [-0.15, -0.1) is 0 Å². The Labute approximate surface area is 176 Å². The molecule has 0 spiro atoms. The van der Waals surface area contributed by atoms with Crippen LogP contribution in [0.3, 0.4) is 0 Å². The lowest BCUT2D eigenvalue weighted by Gasteiger charge is -2.35. The van der Waals surface area contributed by atoms with Gasteiger partial charge in [0, 0.05) is 52.2 Å². The van der Waals surface area contributed by atoms with Gasteiger partial charge in [-0.1, -0.05) is 0 Å². The summed E-state index contributed by atoms with van der Waals surface area (Å²) in [7, 11) is -2.11. The maximum atomic E-state index is 12.9. The molecule has 0 amide bonds. The number of anilines is 1. The van der Waals surface area contributed by atoms with Crippen LogP contribution in [0.15, 0.2) is 33.1 Å². The Hall–Kier alpha value is -2.25. The van der Waals surface area contributed by atoms with Crippen molar-refractivity contribution in [3.05, 3.63) is 23.1 Å². The van der Waals surface area contributed by atoms with Gasteiger partial charge in [0.1, 0.15) is 16.4 Å². The van der Waals surface area contributed by atoms with E-state index in [1.165, 1.54) is 8.99 Å². The number of halogens is 1. The van der Waals surface area contributed by atoms with Gasteiger partial charge in [-0.25, -0.2) is 14.3 Å². The lowest BCUT2D eigenvalue weighted by molar-refractivity contribution is 0.143. The van der Waals surface area contributed by atoms with E-state index >= 15 is 0 Å². The third-order valence-electron chi connectivity index (χ3n) is 5.19. The van der Waals surface area contributed by atoms with Gasteiger partial charge < -0.3 is 9.64 Å². The minimum absolute atomic E-state index is 0.0450. The summed E-state index contributed by atoms with van der Waals surface area (Å²) in [5.41, 5.74) is 0.288. The highest BCUT2D eigenvalue weighted by Gasteiger charge is 2.46. The molecule has 2 aromatic rings. The van der Waals surface area contributed by atoms with Crippen molar-refractivity contribution in [2.24, 2.45) is 12.0 Å². The van der Waals surface area contributed by atoms with E-state index in [-0.39, 0.29) is 29.4 Å². The van der Waals surface area contributed by atoms with E-state index in [4.69, 9.17) is 4.74 Å². The van der Waals surface area contributed by atoms with Crippen LogP contribution >= 0.6 is 15.9 Å². The van der Waals surface area contributed by atoms with Gasteiger partial charge >= 0.3 is 6.02 Å². The van der Waals surface area contributed by atoms with Crippen molar-refractivity contribution in [2.75, 3.05) is 44.2 Å². The monoisotopic (exact) mass is 482 g/mol. The smallest absolute Gasteiger partial charge is 0.307 e. The minimum atomic E-state index is -3.77. The minimum Gasteiger partial charge on any atom is -0.458 e. The molecule has 3 aliphatic rings. The second-order valence-electron chi connectivity index (χ2n) is 7.08. The van der Waals surface area contributed by atoms with Gasteiger partial charge in [0.25, 0.3) is 10.0 Å². The highest BCUT2D eigenvalue weighted by Crippen LogP contribution is 2.39. The Bertz CT molecular complexity index is 1070. The fraction of sp³-hybridized carbons (Fsp3) is 0.500. The van der Waals surface area contributed by atoms with Gasteiger partial charge in [0.05, 0.1) is 6.54 Å². The van der Waals surface area contributed by atoms with Gasteiger partial charge in [-0.3, -0.25) is 9.58 Å². The molecule has 2 aromatic heterocycles. The number of aliphatic imine (C=N–C) groups is 1. The first-order valence-electron chi connectivity index (χ1n) is 9.18. The number of fused-ring (bicyclic) bond motifs is 2. The quantitative estimate of drug-likeness (QED) is 0.609. The molecule has 0 aliphatic carbocycles. The van der Waals surface area contributed by atoms with Crippen molar-refractivity contribution in [1.82, 2.24) is 29.0 Å². The average molecular weight is 483 g/mol. The van der Waals surface area contributed by atoms with E-state index in [1.807, 2.05) is 0 Å². The molecule has 5 heterocycles. The van der Waals surface area contributed by atoms with Crippen LogP contribution in [0.5, 0.6) is 0 Å².